The Balaban J connectivity index is 2.01. The SMILES string of the molecule is CCN(CC)C(CN=C(N)N1CCCCC1)Cc1ccccc1. The van der Waals surface area contributed by atoms with E-state index in [2.05, 4.69) is 54.0 Å². The molecule has 23 heavy (non-hydrogen) atoms. The number of nitrogens with two attached hydrogens (primary N) is 1. The number of aliphatic imine (C=N–C) groups is 1. The molecule has 0 bridgehead atoms. The summed E-state index contributed by atoms with van der Waals surface area (Å²) in [6.45, 7) is 9.44. The van der Waals surface area contributed by atoms with Crippen molar-refractivity contribution < 1.29 is 0 Å². The first-order valence-corrected chi connectivity index (χ1v) is 9.07. The van der Waals surface area contributed by atoms with E-state index < -0.39 is 0 Å². The summed E-state index contributed by atoms with van der Waals surface area (Å²) in [5, 5.41) is 0. The molecular weight excluding hydrogens is 284 g/mol. The lowest BCUT2D eigenvalue weighted by atomic mass is 10.0. The van der Waals surface area contributed by atoms with E-state index in [1.165, 1.54) is 24.8 Å². The van der Waals surface area contributed by atoms with Gasteiger partial charge in [0.05, 0.1) is 6.54 Å². The van der Waals surface area contributed by atoms with E-state index in [9.17, 15) is 0 Å². The minimum absolute atomic E-state index is 0.413. The van der Waals surface area contributed by atoms with Gasteiger partial charge in [-0.05, 0) is 44.3 Å². The van der Waals surface area contributed by atoms with Gasteiger partial charge in [-0.15, -0.1) is 0 Å². The topological polar surface area (TPSA) is 44.9 Å². The number of likely N-dealkylation sites (tertiary alicyclic amines) is 1. The molecule has 0 aliphatic carbocycles. The summed E-state index contributed by atoms with van der Waals surface area (Å²) in [5.41, 5.74) is 7.60. The van der Waals surface area contributed by atoms with Crippen LogP contribution in [-0.4, -0.2) is 54.5 Å². The first kappa shape index (κ1) is 17.8. The molecule has 2 rings (SSSR count). The zero-order valence-corrected chi connectivity index (χ0v) is 14.7. The molecule has 1 unspecified atom stereocenters. The molecule has 1 fully saturated rings. The van der Waals surface area contributed by atoms with Crippen LogP contribution in [0.2, 0.25) is 0 Å². The molecule has 1 aromatic rings. The molecule has 0 saturated carbocycles. The Bertz CT molecular complexity index is 462. The van der Waals surface area contributed by atoms with Gasteiger partial charge in [-0.2, -0.15) is 0 Å². The maximum atomic E-state index is 6.23. The highest BCUT2D eigenvalue weighted by Crippen LogP contribution is 2.11. The van der Waals surface area contributed by atoms with Crippen LogP contribution in [-0.2, 0) is 6.42 Å². The van der Waals surface area contributed by atoms with Crippen LogP contribution in [0.5, 0.6) is 0 Å². The zero-order chi connectivity index (χ0) is 16.5. The van der Waals surface area contributed by atoms with E-state index in [-0.39, 0.29) is 0 Å². The second-order valence-electron chi connectivity index (χ2n) is 6.31. The highest BCUT2D eigenvalue weighted by atomic mass is 15.3. The lowest BCUT2D eigenvalue weighted by molar-refractivity contribution is 0.219. The third-order valence-corrected chi connectivity index (χ3v) is 4.79. The van der Waals surface area contributed by atoms with Crippen molar-refractivity contribution in [3.63, 3.8) is 0 Å². The van der Waals surface area contributed by atoms with E-state index in [0.717, 1.165) is 45.1 Å². The predicted molar refractivity (Wildman–Crippen MR) is 98.8 cm³/mol. The fourth-order valence-electron chi connectivity index (χ4n) is 3.36. The molecule has 0 aromatic heterocycles. The summed E-state index contributed by atoms with van der Waals surface area (Å²) < 4.78 is 0. The highest BCUT2D eigenvalue weighted by molar-refractivity contribution is 5.78. The molecular formula is C19H32N4. The van der Waals surface area contributed by atoms with Gasteiger partial charge in [0.1, 0.15) is 0 Å². The van der Waals surface area contributed by atoms with Crippen molar-refractivity contribution in [3.8, 4) is 0 Å². The van der Waals surface area contributed by atoms with Crippen molar-refractivity contribution in [1.29, 1.82) is 0 Å². The van der Waals surface area contributed by atoms with Crippen LogP contribution in [0, 0.1) is 0 Å². The van der Waals surface area contributed by atoms with E-state index in [1.807, 2.05) is 0 Å². The molecule has 1 saturated heterocycles. The summed E-state index contributed by atoms with van der Waals surface area (Å²) in [4.78, 5) is 9.47. The number of likely N-dealkylation sites (N-methyl/N-ethyl adjacent to an activating group) is 1. The molecule has 1 atom stereocenters. The number of benzene rings is 1. The van der Waals surface area contributed by atoms with Gasteiger partial charge >= 0.3 is 0 Å². The molecule has 4 nitrogen and oxygen atoms in total. The Morgan fingerprint density at radius 2 is 1.78 bits per heavy atom. The average Bonchev–Trinajstić information content (AvgIpc) is 2.62. The van der Waals surface area contributed by atoms with Crippen LogP contribution in [0.1, 0.15) is 38.7 Å². The number of hydrogen-bond acceptors (Lipinski definition) is 2. The first-order valence-electron chi connectivity index (χ1n) is 9.07. The van der Waals surface area contributed by atoms with Crippen LogP contribution in [0.4, 0.5) is 0 Å². The van der Waals surface area contributed by atoms with Crippen molar-refractivity contribution in [2.24, 2.45) is 10.7 Å². The fourth-order valence-corrected chi connectivity index (χ4v) is 3.36. The van der Waals surface area contributed by atoms with Gasteiger partial charge < -0.3 is 10.6 Å². The average molecular weight is 316 g/mol. The number of piperidine rings is 1. The second-order valence-corrected chi connectivity index (χ2v) is 6.31. The van der Waals surface area contributed by atoms with Crippen molar-refractivity contribution in [3.05, 3.63) is 35.9 Å². The van der Waals surface area contributed by atoms with Crippen molar-refractivity contribution in [1.82, 2.24) is 9.80 Å². The number of hydrogen-bond donors (Lipinski definition) is 1. The molecule has 2 N–H and O–H groups in total. The molecule has 4 heteroatoms. The molecule has 0 amide bonds. The van der Waals surface area contributed by atoms with E-state index in [0.29, 0.717) is 6.04 Å². The maximum Gasteiger partial charge on any atom is 0.191 e. The monoisotopic (exact) mass is 316 g/mol. The lowest BCUT2D eigenvalue weighted by Gasteiger charge is -2.30. The third kappa shape index (κ3) is 5.54. The summed E-state index contributed by atoms with van der Waals surface area (Å²) in [6.07, 6.45) is 4.82. The predicted octanol–water partition coefficient (Wildman–Crippen LogP) is 2.74. The number of nitrogens with zero attached hydrogens (tertiary/aromatic N) is 3. The van der Waals surface area contributed by atoms with E-state index >= 15 is 0 Å². The molecule has 0 spiro atoms. The van der Waals surface area contributed by atoms with Gasteiger partial charge in [0, 0.05) is 19.1 Å². The summed E-state index contributed by atoms with van der Waals surface area (Å²) in [5.74, 6) is 0.731. The maximum absolute atomic E-state index is 6.23. The Labute approximate surface area is 141 Å². The standard InChI is InChI=1S/C19H32N4/c1-3-22(4-2)18(15-17-11-7-5-8-12-17)16-21-19(20)23-13-9-6-10-14-23/h5,7-8,11-12,18H,3-4,6,9-10,13-16H2,1-2H3,(H2,20,21). The van der Waals surface area contributed by atoms with Crippen LogP contribution in [0.3, 0.4) is 0 Å². The van der Waals surface area contributed by atoms with Crippen molar-refractivity contribution >= 4 is 5.96 Å². The Hall–Kier alpha value is -1.55. The Morgan fingerprint density at radius 3 is 2.39 bits per heavy atom. The lowest BCUT2D eigenvalue weighted by Crippen LogP contribution is -2.43. The Kier molecular flexibility index (Phi) is 7.40. The Morgan fingerprint density at radius 1 is 1.13 bits per heavy atom. The van der Waals surface area contributed by atoms with Crippen molar-refractivity contribution in [2.75, 3.05) is 32.7 Å². The summed E-state index contributed by atoms with van der Waals surface area (Å²) in [6, 6.07) is 11.1. The third-order valence-electron chi connectivity index (χ3n) is 4.79. The largest absolute Gasteiger partial charge is 0.370 e. The van der Waals surface area contributed by atoms with Gasteiger partial charge in [0.25, 0.3) is 0 Å². The summed E-state index contributed by atoms with van der Waals surface area (Å²) >= 11 is 0. The second kappa shape index (κ2) is 9.56. The van der Waals surface area contributed by atoms with Gasteiger partial charge in [0.15, 0.2) is 5.96 Å². The minimum atomic E-state index is 0.413. The van der Waals surface area contributed by atoms with Crippen LogP contribution >= 0.6 is 0 Å². The first-order chi connectivity index (χ1) is 11.2. The molecule has 128 valence electrons. The normalized spacial score (nSPS) is 17.5. The molecule has 1 aliphatic rings. The van der Waals surface area contributed by atoms with Crippen LogP contribution < -0.4 is 5.73 Å². The fraction of sp³-hybridized carbons (Fsp3) is 0.632. The molecule has 1 aromatic carbocycles. The van der Waals surface area contributed by atoms with Crippen LogP contribution in [0.15, 0.2) is 35.3 Å². The van der Waals surface area contributed by atoms with Gasteiger partial charge in [-0.3, -0.25) is 9.89 Å². The van der Waals surface area contributed by atoms with E-state index in [4.69, 9.17) is 10.7 Å². The molecule has 0 radical (unpaired) electrons. The highest BCUT2D eigenvalue weighted by Gasteiger charge is 2.17. The van der Waals surface area contributed by atoms with Crippen LogP contribution in [0.25, 0.3) is 0 Å². The quantitative estimate of drug-likeness (QED) is 0.621. The minimum Gasteiger partial charge on any atom is -0.370 e. The smallest absolute Gasteiger partial charge is 0.191 e. The molecule has 1 aliphatic heterocycles. The number of guanidine groups is 1. The van der Waals surface area contributed by atoms with Gasteiger partial charge in [0.2, 0.25) is 0 Å². The zero-order valence-electron chi connectivity index (χ0n) is 14.7. The van der Waals surface area contributed by atoms with Gasteiger partial charge in [-0.1, -0.05) is 44.2 Å². The summed E-state index contributed by atoms with van der Waals surface area (Å²) in [7, 11) is 0. The van der Waals surface area contributed by atoms with Gasteiger partial charge in [-0.25, -0.2) is 0 Å². The molecule has 1 heterocycles. The van der Waals surface area contributed by atoms with E-state index in [1.54, 1.807) is 0 Å². The number of rotatable bonds is 7. The van der Waals surface area contributed by atoms with Crippen molar-refractivity contribution in [2.45, 2.75) is 45.6 Å².